The second-order valence-electron chi connectivity index (χ2n) is 8.21. The predicted octanol–water partition coefficient (Wildman–Crippen LogP) is 6.55. The van der Waals surface area contributed by atoms with Crippen LogP contribution in [0.1, 0.15) is 61.3 Å². The fourth-order valence-electron chi connectivity index (χ4n) is 3.11. The number of benzene rings is 3. The quantitative estimate of drug-likeness (QED) is 0.360. The molecule has 0 saturated carbocycles. The van der Waals surface area contributed by atoms with Crippen LogP contribution in [-0.4, -0.2) is 24.0 Å². The Balaban J connectivity index is 1.61. The molecule has 0 spiro atoms. The largest absolute Gasteiger partial charge is 0.491 e. The molecule has 0 aliphatic heterocycles. The van der Waals surface area contributed by atoms with E-state index in [9.17, 15) is 9.59 Å². The van der Waals surface area contributed by atoms with Crippen molar-refractivity contribution in [3.8, 4) is 11.5 Å². The van der Waals surface area contributed by atoms with Gasteiger partial charge >= 0.3 is 0 Å². The third kappa shape index (κ3) is 7.10. The molecule has 2 amide bonds. The average molecular weight is 461 g/mol. The molecule has 178 valence electrons. The fraction of sp³-hybridized carbons (Fsp3) is 0.286. The topological polar surface area (TPSA) is 76.7 Å². The molecule has 0 heterocycles. The first kappa shape index (κ1) is 24.8. The van der Waals surface area contributed by atoms with Crippen molar-refractivity contribution in [1.29, 1.82) is 0 Å². The first-order valence-corrected chi connectivity index (χ1v) is 11.6. The molecule has 6 heteroatoms. The monoisotopic (exact) mass is 460 g/mol. The average Bonchev–Trinajstić information content (AvgIpc) is 2.84. The van der Waals surface area contributed by atoms with E-state index in [1.807, 2.05) is 50.2 Å². The number of carbonyl (C=O) groups is 2. The van der Waals surface area contributed by atoms with E-state index < -0.39 is 0 Å². The van der Waals surface area contributed by atoms with Crippen molar-refractivity contribution in [1.82, 2.24) is 0 Å². The zero-order valence-corrected chi connectivity index (χ0v) is 20.1. The van der Waals surface area contributed by atoms with Crippen molar-refractivity contribution in [3.05, 3.63) is 83.9 Å². The number of ether oxygens (including phenoxy) is 2. The number of amides is 2. The molecule has 0 radical (unpaired) electrons. The van der Waals surface area contributed by atoms with Gasteiger partial charge in [0, 0.05) is 34.6 Å². The van der Waals surface area contributed by atoms with Crippen molar-refractivity contribution in [3.63, 3.8) is 0 Å². The van der Waals surface area contributed by atoms with E-state index in [1.165, 1.54) is 0 Å². The zero-order valence-electron chi connectivity index (χ0n) is 20.1. The summed E-state index contributed by atoms with van der Waals surface area (Å²) in [4.78, 5) is 25.3. The van der Waals surface area contributed by atoms with E-state index in [0.29, 0.717) is 34.0 Å². The van der Waals surface area contributed by atoms with Crippen molar-refractivity contribution in [2.75, 3.05) is 10.6 Å². The Morgan fingerprint density at radius 1 is 0.676 bits per heavy atom. The first-order valence-electron chi connectivity index (χ1n) is 11.6. The molecular formula is C28H32N2O4. The maximum Gasteiger partial charge on any atom is 0.255 e. The van der Waals surface area contributed by atoms with Gasteiger partial charge in [-0.25, -0.2) is 0 Å². The zero-order chi connectivity index (χ0) is 24.5. The molecule has 0 bridgehead atoms. The van der Waals surface area contributed by atoms with Crippen LogP contribution in [0.25, 0.3) is 0 Å². The van der Waals surface area contributed by atoms with Gasteiger partial charge in [0.15, 0.2) is 0 Å². The van der Waals surface area contributed by atoms with Crippen molar-refractivity contribution < 1.29 is 19.1 Å². The highest BCUT2D eigenvalue weighted by atomic mass is 16.5. The molecule has 3 aromatic carbocycles. The lowest BCUT2D eigenvalue weighted by Crippen LogP contribution is -2.15. The van der Waals surface area contributed by atoms with Gasteiger partial charge in [0.25, 0.3) is 11.8 Å². The molecule has 0 fully saturated rings. The number of carbonyl (C=O) groups excluding carboxylic acids is 2. The highest BCUT2D eigenvalue weighted by Gasteiger charge is 2.11. The van der Waals surface area contributed by atoms with Crippen LogP contribution in [0.3, 0.4) is 0 Å². The number of rotatable bonds is 10. The molecule has 34 heavy (non-hydrogen) atoms. The van der Waals surface area contributed by atoms with Gasteiger partial charge in [-0.1, -0.05) is 26.0 Å². The highest BCUT2D eigenvalue weighted by Crippen LogP contribution is 2.21. The van der Waals surface area contributed by atoms with Crippen LogP contribution in [0, 0.1) is 0 Å². The second kappa shape index (κ2) is 11.9. The van der Waals surface area contributed by atoms with E-state index in [4.69, 9.17) is 9.47 Å². The van der Waals surface area contributed by atoms with Crippen molar-refractivity contribution in [2.24, 2.45) is 0 Å². The van der Waals surface area contributed by atoms with Crippen molar-refractivity contribution in [2.45, 2.75) is 52.7 Å². The van der Waals surface area contributed by atoms with Crippen LogP contribution in [0.4, 0.5) is 11.4 Å². The second-order valence-corrected chi connectivity index (χ2v) is 8.21. The molecular weight excluding hydrogens is 428 g/mol. The molecule has 0 aromatic heterocycles. The van der Waals surface area contributed by atoms with E-state index in [0.717, 1.165) is 12.8 Å². The van der Waals surface area contributed by atoms with E-state index in [1.54, 1.807) is 36.4 Å². The van der Waals surface area contributed by atoms with Gasteiger partial charge in [0.05, 0.1) is 12.2 Å². The molecule has 3 aromatic rings. The lowest BCUT2D eigenvalue weighted by molar-refractivity contribution is 0.101. The smallest absolute Gasteiger partial charge is 0.255 e. The van der Waals surface area contributed by atoms with Gasteiger partial charge in [-0.15, -0.1) is 0 Å². The molecule has 6 nitrogen and oxygen atoms in total. The Bertz CT molecular complexity index is 1020. The molecule has 0 aliphatic carbocycles. The number of hydrogen-bond acceptors (Lipinski definition) is 4. The molecule has 2 N–H and O–H groups in total. The van der Waals surface area contributed by atoms with Gasteiger partial charge in [-0.05, 0) is 75.2 Å². The standard InChI is InChI=1S/C28H32N2O4/c1-5-19(3)33-25-11-7-9-23(17-25)29-27(31)21-13-15-22(16-14-21)28(32)30-24-10-8-12-26(18-24)34-20(4)6-2/h7-20H,5-6H2,1-4H3,(H,29,31)(H,30,32). The van der Waals surface area contributed by atoms with Crippen LogP contribution in [0.15, 0.2) is 72.8 Å². The molecule has 2 unspecified atom stereocenters. The Labute approximate surface area is 201 Å². The minimum Gasteiger partial charge on any atom is -0.491 e. The third-order valence-electron chi connectivity index (χ3n) is 5.42. The summed E-state index contributed by atoms with van der Waals surface area (Å²) in [6, 6.07) is 21.1. The summed E-state index contributed by atoms with van der Waals surface area (Å²) in [6.45, 7) is 8.11. The molecule has 2 atom stereocenters. The SMILES string of the molecule is CCC(C)Oc1cccc(NC(=O)c2ccc(C(=O)Nc3cccc(OC(C)CC)c3)cc2)c1. The Hall–Kier alpha value is -3.80. The van der Waals surface area contributed by atoms with Crippen molar-refractivity contribution >= 4 is 23.2 Å². The first-order chi connectivity index (χ1) is 16.4. The normalized spacial score (nSPS) is 12.4. The Morgan fingerprint density at radius 3 is 1.41 bits per heavy atom. The maximum absolute atomic E-state index is 12.7. The van der Waals surface area contributed by atoms with Crippen LogP contribution >= 0.6 is 0 Å². The van der Waals surface area contributed by atoms with E-state index in [-0.39, 0.29) is 24.0 Å². The maximum atomic E-state index is 12.7. The minimum absolute atomic E-state index is 0.0968. The lowest BCUT2D eigenvalue weighted by atomic mass is 10.1. The number of anilines is 2. The molecule has 0 aliphatic rings. The third-order valence-corrected chi connectivity index (χ3v) is 5.42. The number of nitrogens with one attached hydrogen (secondary N) is 2. The van der Waals surface area contributed by atoms with Crippen LogP contribution in [-0.2, 0) is 0 Å². The van der Waals surface area contributed by atoms with Crippen LogP contribution in [0.5, 0.6) is 11.5 Å². The lowest BCUT2D eigenvalue weighted by Gasteiger charge is -2.14. The van der Waals surface area contributed by atoms with Gasteiger partial charge in [-0.2, -0.15) is 0 Å². The number of hydrogen-bond donors (Lipinski definition) is 2. The van der Waals surface area contributed by atoms with Gasteiger partial charge < -0.3 is 20.1 Å². The molecule has 3 rings (SSSR count). The summed E-state index contributed by atoms with van der Waals surface area (Å²) in [5.74, 6) is 0.890. The minimum atomic E-state index is -0.262. The van der Waals surface area contributed by atoms with Gasteiger partial charge in [-0.3, -0.25) is 9.59 Å². The summed E-state index contributed by atoms with van der Waals surface area (Å²) in [5.41, 5.74) is 2.20. The predicted molar refractivity (Wildman–Crippen MR) is 136 cm³/mol. The Kier molecular flexibility index (Phi) is 8.68. The summed E-state index contributed by atoms with van der Waals surface area (Å²) < 4.78 is 11.6. The van der Waals surface area contributed by atoms with Gasteiger partial charge in [0.1, 0.15) is 11.5 Å². The van der Waals surface area contributed by atoms with E-state index in [2.05, 4.69) is 24.5 Å². The summed E-state index contributed by atoms with van der Waals surface area (Å²) in [5, 5.41) is 5.74. The highest BCUT2D eigenvalue weighted by molar-refractivity contribution is 6.07. The summed E-state index contributed by atoms with van der Waals surface area (Å²) >= 11 is 0. The van der Waals surface area contributed by atoms with Crippen LogP contribution < -0.4 is 20.1 Å². The Morgan fingerprint density at radius 2 is 1.06 bits per heavy atom. The fourth-order valence-corrected chi connectivity index (χ4v) is 3.11. The van der Waals surface area contributed by atoms with E-state index >= 15 is 0 Å². The summed E-state index contributed by atoms with van der Waals surface area (Å²) in [6.07, 6.45) is 1.99. The molecule has 0 saturated heterocycles. The summed E-state index contributed by atoms with van der Waals surface area (Å²) in [7, 11) is 0. The van der Waals surface area contributed by atoms with Crippen LogP contribution in [0.2, 0.25) is 0 Å². The van der Waals surface area contributed by atoms with Gasteiger partial charge in [0.2, 0.25) is 0 Å².